The van der Waals surface area contributed by atoms with Gasteiger partial charge < -0.3 is 21.5 Å². The number of nitrogens with zero attached hydrogens (tertiary/aromatic N) is 1. The number of carbonyl (C=O) groups is 2. The lowest BCUT2D eigenvalue weighted by Gasteiger charge is -2.13. The second kappa shape index (κ2) is 11.0. The summed E-state index contributed by atoms with van der Waals surface area (Å²) in [5.41, 5.74) is 10.3. The molecule has 1 atom stereocenters. The highest BCUT2D eigenvalue weighted by Crippen LogP contribution is 2.00. The van der Waals surface area contributed by atoms with Crippen molar-refractivity contribution in [1.82, 2.24) is 5.32 Å². The van der Waals surface area contributed by atoms with Gasteiger partial charge in [-0.3, -0.25) is 9.79 Å². The first kappa shape index (κ1) is 17.9. The van der Waals surface area contributed by atoms with Gasteiger partial charge in [-0.1, -0.05) is 0 Å². The molecule has 0 aliphatic heterocycles. The molecule has 0 saturated heterocycles. The lowest BCUT2D eigenvalue weighted by Crippen LogP contribution is -2.37. The lowest BCUT2D eigenvalue weighted by atomic mass is 10.1. The number of guanidine groups is 1. The summed E-state index contributed by atoms with van der Waals surface area (Å²) in [5, 5.41) is 2.39. The van der Waals surface area contributed by atoms with Crippen LogP contribution in [0.25, 0.3) is 0 Å². The molecule has 17 heavy (non-hydrogen) atoms. The van der Waals surface area contributed by atoms with Crippen molar-refractivity contribution in [1.29, 1.82) is 0 Å². The molecule has 0 bridgehead atoms. The smallest absolute Gasteiger partial charge is 0.328 e. The van der Waals surface area contributed by atoms with Crippen LogP contribution in [0, 0.1) is 0 Å². The third-order valence-corrected chi connectivity index (χ3v) is 1.79. The Hall–Kier alpha value is -1.50. The summed E-state index contributed by atoms with van der Waals surface area (Å²) in [6, 6.07) is -0.633. The number of esters is 1. The van der Waals surface area contributed by atoms with E-state index in [4.69, 9.17) is 16.2 Å². The zero-order chi connectivity index (χ0) is 12.4. The molecule has 0 aliphatic rings. The number of hydrogen-bond acceptors (Lipinski definition) is 4. The quantitative estimate of drug-likeness (QED) is 0.174. The van der Waals surface area contributed by atoms with Gasteiger partial charge in [0.05, 0.1) is 6.61 Å². The van der Waals surface area contributed by atoms with Crippen LogP contribution >= 0.6 is 12.4 Å². The topological polar surface area (TPSA) is 120 Å². The molecule has 8 heteroatoms. The third kappa shape index (κ3) is 9.43. The largest absolute Gasteiger partial charge is 0.464 e. The second-order valence-electron chi connectivity index (χ2n) is 3.04. The van der Waals surface area contributed by atoms with Gasteiger partial charge in [-0.2, -0.15) is 0 Å². The second-order valence-corrected chi connectivity index (χ2v) is 3.04. The summed E-state index contributed by atoms with van der Waals surface area (Å²) in [4.78, 5) is 25.4. The number of hydrogen-bond donors (Lipinski definition) is 3. The summed E-state index contributed by atoms with van der Waals surface area (Å²) >= 11 is 0. The summed E-state index contributed by atoms with van der Waals surface area (Å²) < 4.78 is 4.79. The van der Waals surface area contributed by atoms with Crippen molar-refractivity contribution in [3.05, 3.63) is 0 Å². The first-order valence-electron chi connectivity index (χ1n) is 5.03. The van der Waals surface area contributed by atoms with Gasteiger partial charge in [0.15, 0.2) is 5.96 Å². The van der Waals surface area contributed by atoms with E-state index in [1.165, 1.54) is 0 Å². The molecule has 0 radical (unpaired) electrons. The molecule has 0 rings (SSSR count). The monoisotopic (exact) mass is 266 g/mol. The van der Waals surface area contributed by atoms with Crippen molar-refractivity contribution < 1.29 is 14.3 Å². The highest BCUT2D eigenvalue weighted by Gasteiger charge is 2.17. The summed E-state index contributed by atoms with van der Waals surface area (Å²) in [7, 11) is 0. The van der Waals surface area contributed by atoms with E-state index in [1.807, 2.05) is 0 Å². The van der Waals surface area contributed by atoms with Gasteiger partial charge in [0.1, 0.15) is 6.04 Å². The Morgan fingerprint density at radius 3 is 2.65 bits per heavy atom. The molecule has 0 unspecified atom stereocenters. The molecule has 0 aromatic carbocycles. The summed E-state index contributed by atoms with van der Waals surface area (Å²) in [6.45, 7) is 2.40. The molecular weight excluding hydrogens is 248 g/mol. The SMILES string of the molecule is CCOC(=O)[C@H](CCCN=C(N)N)NC=O.Cl. The minimum Gasteiger partial charge on any atom is -0.464 e. The zero-order valence-corrected chi connectivity index (χ0v) is 10.5. The molecule has 0 aliphatic carbocycles. The summed E-state index contributed by atoms with van der Waals surface area (Å²) in [6.07, 6.45) is 1.50. The van der Waals surface area contributed by atoms with Gasteiger partial charge in [-0.25, -0.2) is 4.79 Å². The molecule has 0 aromatic heterocycles. The minimum absolute atomic E-state index is 0. The fraction of sp³-hybridized carbons (Fsp3) is 0.667. The van der Waals surface area contributed by atoms with E-state index in [2.05, 4.69) is 10.3 Å². The molecule has 0 heterocycles. The molecule has 1 amide bonds. The number of nitrogens with one attached hydrogen (secondary N) is 1. The van der Waals surface area contributed by atoms with Crippen LogP contribution in [0.1, 0.15) is 19.8 Å². The fourth-order valence-electron chi connectivity index (χ4n) is 1.10. The maximum absolute atomic E-state index is 11.3. The maximum atomic E-state index is 11.3. The van der Waals surface area contributed by atoms with E-state index in [1.54, 1.807) is 6.92 Å². The minimum atomic E-state index is -0.633. The Bertz CT molecular complexity index is 257. The van der Waals surface area contributed by atoms with Crippen molar-refractivity contribution >= 4 is 30.7 Å². The van der Waals surface area contributed by atoms with Gasteiger partial charge in [-0.05, 0) is 19.8 Å². The molecular formula is C9H19ClN4O3. The maximum Gasteiger partial charge on any atom is 0.328 e. The number of rotatable bonds is 8. The van der Waals surface area contributed by atoms with Crippen molar-refractivity contribution in [3.63, 3.8) is 0 Å². The van der Waals surface area contributed by atoms with Gasteiger partial charge in [0.2, 0.25) is 6.41 Å². The number of carbonyl (C=O) groups excluding carboxylic acids is 2. The van der Waals surface area contributed by atoms with E-state index < -0.39 is 12.0 Å². The Kier molecular flexibility index (Phi) is 11.6. The van der Waals surface area contributed by atoms with Crippen molar-refractivity contribution in [2.45, 2.75) is 25.8 Å². The Labute approximate surface area is 106 Å². The Morgan fingerprint density at radius 1 is 1.53 bits per heavy atom. The van der Waals surface area contributed by atoms with E-state index in [0.717, 1.165) is 0 Å². The van der Waals surface area contributed by atoms with Crippen LogP contribution in [0.3, 0.4) is 0 Å². The third-order valence-electron chi connectivity index (χ3n) is 1.79. The lowest BCUT2D eigenvalue weighted by molar-refractivity contribution is -0.146. The first-order chi connectivity index (χ1) is 7.61. The molecule has 5 N–H and O–H groups in total. The molecule has 100 valence electrons. The average molecular weight is 267 g/mol. The first-order valence-corrected chi connectivity index (χ1v) is 5.03. The van der Waals surface area contributed by atoms with E-state index in [-0.39, 0.29) is 25.0 Å². The predicted octanol–water partition coefficient (Wildman–Crippen LogP) is -0.860. The van der Waals surface area contributed by atoms with Crippen LogP contribution in [0.4, 0.5) is 0 Å². The van der Waals surface area contributed by atoms with Gasteiger partial charge in [-0.15, -0.1) is 12.4 Å². The van der Waals surface area contributed by atoms with Crippen LogP contribution < -0.4 is 16.8 Å². The number of halogens is 1. The highest BCUT2D eigenvalue weighted by molar-refractivity contribution is 5.85. The molecule has 0 fully saturated rings. The van der Waals surface area contributed by atoms with E-state index in [0.29, 0.717) is 25.8 Å². The predicted molar refractivity (Wildman–Crippen MR) is 66.8 cm³/mol. The summed E-state index contributed by atoms with van der Waals surface area (Å²) in [5.74, 6) is -0.435. The van der Waals surface area contributed by atoms with Crippen molar-refractivity contribution in [2.24, 2.45) is 16.5 Å². The van der Waals surface area contributed by atoms with Crippen LogP contribution in [0.2, 0.25) is 0 Å². The highest BCUT2D eigenvalue weighted by atomic mass is 35.5. The zero-order valence-electron chi connectivity index (χ0n) is 9.72. The van der Waals surface area contributed by atoms with E-state index in [9.17, 15) is 9.59 Å². The number of aliphatic imine (C=N–C) groups is 1. The normalized spacial score (nSPS) is 10.6. The van der Waals surface area contributed by atoms with E-state index >= 15 is 0 Å². The van der Waals surface area contributed by atoms with Gasteiger partial charge >= 0.3 is 5.97 Å². The molecule has 7 nitrogen and oxygen atoms in total. The van der Waals surface area contributed by atoms with Crippen LogP contribution in [-0.4, -0.2) is 37.5 Å². The molecule has 0 spiro atoms. The number of amides is 1. The fourth-order valence-corrected chi connectivity index (χ4v) is 1.10. The number of ether oxygens (including phenoxy) is 1. The van der Waals surface area contributed by atoms with Crippen LogP contribution in [0.15, 0.2) is 4.99 Å². The average Bonchev–Trinajstić information content (AvgIpc) is 2.22. The van der Waals surface area contributed by atoms with Crippen molar-refractivity contribution in [2.75, 3.05) is 13.2 Å². The molecule has 0 saturated carbocycles. The van der Waals surface area contributed by atoms with Gasteiger partial charge in [0, 0.05) is 6.54 Å². The standard InChI is InChI=1S/C9H18N4O3.ClH/c1-2-16-8(15)7(13-6-14)4-3-5-12-9(10)11;/h6-7H,2-5H2,1H3,(H,13,14)(H4,10,11,12);1H/t7-;/m0./s1. The van der Waals surface area contributed by atoms with Crippen molar-refractivity contribution in [3.8, 4) is 0 Å². The van der Waals surface area contributed by atoms with Crippen LogP contribution in [0.5, 0.6) is 0 Å². The molecule has 0 aromatic rings. The van der Waals surface area contributed by atoms with Crippen LogP contribution in [-0.2, 0) is 14.3 Å². The number of nitrogens with two attached hydrogens (primary N) is 2. The Balaban J connectivity index is 0. The Morgan fingerprint density at radius 2 is 2.18 bits per heavy atom. The van der Waals surface area contributed by atoms with Gasteiger partial charge in [0.25, 0.3) is 0 Å².